The van der Waals surface area contributed by atoms with Crippen LogP contribution in [0.4, 0.5) is 19.3 Å². The standard InChI is InChI=1S/C14H13F2N3O4S/c15-8-3-7-6-24-12(17-13(20)21)18-14(7,5-8)10-4-9(19(22)23)1-2-11(10)16/h1-2,4,7-8H,3,5-6H2,(H,17,18)(H,20,21)/t7-,8+,14-/m0/s1. The molecule has 1 heterocycles. The summed E-state index contributed by atoms with van der Waals surface area (Å²) in [6, 6.07) is 3.06. The molecular formula is C14H13F2N3O4S. The summed E-state index contributed by atoms with van der Waals surface area (Å²) in [6.07, 6.45) is -2.55. The van der Waals surface area contributed by atoms with Crippen LogP contribution in [0.15, 0.2) is 23.2 Å². The molecule has 0 unspecified atom stereocenters. The average Bonchev–Trinajstić information content (AvgIpc) is 2.82. The van der Waals surface area contributed by atoms with E-state index in [1.165, 1.54) is 0 Å². The van der Waals surface area contributed by atoms with E-state index < -0.39 is 28.5 Å². The summed E-state index contributed by atoms with van der Waals surface area (Å²) in [5.41, 5.74) is -1.71. The Kier molecular flexibility index (Phi) is 4.16. The topological polar surface area (TPSA) is 105 Å². The van der Waals surface area contributed by atoms with Crippen molar-refractivity contribution in [1.29, 1.82) is 0 Å². The zero-order valence-electron chi connectivity index (χ0n) is 12.2. The third-order valence-corrected chi connectivity index (χ3v) is 5.35. The molecule has 1 aromatic rings. The number of nitro benzene ring substituents is 1. The summed E-state index contributed by atoms with van der Waals surface area (Å²) in [7, 11) is 0. The first-order chi connectivity index (χ1) is 11.3. The van der Waals surface area contributed by atoms with Crippen molar-refractivity contribution in [2.24, 2.45) is 10.9 Å². The van der Waals surface area contributed by atoms with E-state index in [-0.39, 0.29) is 35.2 Å². The number of nitro groups is 1. The smallest absolute Gasteiger partial charge is 0.410 e. The lowest BCUT2D eigenvalue weighted by atomic mass is 9.81. The summed E-state index contributed by atoms with van der Waals surface area (Å²) in [5, 5.41) is 22.0. The van der Waals surface area contributed by atoms with Gasteiger partial charge in [0.05, 0.1) is 10.5 Å². The zero-order chi connectivity index (χ0) is 17.5. The number of hydrogen-bond donors (Lipinski definition) is 2. The molecule has 128 valence electrons. The molecule has 0 spiro atoms. The van der Waals surface area contributed by atoms with E-state index in [1.54, 1.807) is 0 Å². The molecule has 1 amide bonds. The van der Waals surface area contributed by atoms with Crippen LogP contribution >= 0.6 is 11.8 Å². The fraction of sp³-hybridized carbons (Fsp3) is 0.429. The molecule has 0 radical (unpaired) electrons. The van der Waals surface area contributed by atoms with Crippen LogP contribution in [0.1, 0.15) is 18.4 Å². The van der Waals surface area contributed by atoms with Crippen molar-refractivity contribution < 1.29 is 23.6 Å². The van der Waals surface area contributed by atoms with Crippen molar-refractivity contribution in [3.8, 4) is 0 Å². The fourth-order valence-corrected chi connectivity index (χ4v) is 4.49. The van der Waals surface area contributed by atoms with E-state index in [2.05, 4.69) is 10.3 Å². The van der Waals surface area contributed by atoms with E-state index in [9.17, 15) is 23.7 Å². The molecular weight excluding hydrogens is 344 g/mol. The Balaban J connectivity index is 2.14. The minimum Gasteiger partial charge on any atom is -0.465 e. The highest BCUT2D eigenvalue weighted by atomic mass is 32.2. The summed E-state index contributed by atoms with van der Waals surface area (Å²) in [5.74, 6) is -0.736. The van der Waals surface area contributed by atoms with Gasteiger partial charge in [0.25, 0.3) is 5.69 Å². The third-order valence-electron chi connectivity index (χ3n) is 4.31. The highest BCUT2D eigenvalue weighted by Crippen LogP contribution is 2.52. The fourth-order valence-electron chi connectivity index (χ4n) is 3.33. The minimum absolute atomic E-state index is 0.0405. The number of nitrogens with one attached hydrogen (secondary N) is 1. The van der Waals surface area contributed by atoms with E-state index in [4.69, 9.17) is 5.11 Å². The maximum Gasteiger partial charge on any atom is 0.410 e. The van der Waals surface area contributed by atoms with E-state index in [0.717, 1.165) is 30.0 Å². The van der Waals surface area contributed by atoms with Crippen LogP contribution in [0.3, 0.4) is 0 Å². The molecule has 0 saturated heterocycles. The average molecular weight is 357 g/mol. The Labute approximate surface area is 139 Å². The van der Waals surface area contributed by atoms with Gasteiger partial charge in [0.1, 0.15) is 12.0 Å². The van der Waals surface area contributed by atoms with Crippen LogP contribution in [0.2, 0.25) is 0 Å². The Morgan fingerprint density at radius 2 is 2.29 bits per heavy atom. The Morgan fingerprint density at radius 3 is 2.96 bits per heavy atom. The molecule has 7 nitrogen and oxygen atoms in total. The van der Waals surface area contributed by atoms with Crippen LogP contribution in [-0.4, -0.2) is 33.2 Å². The van der Waals surface area contributed by atoms with Crippen molar-refractivity contribution in [3.05, 3.63) is 39.7 Å². The molecule has 1 saturated carbocycles. The van der Waals surface area contributed by atoms with Crippen molar-refractivity contribution in [2.75, 3.05) is 5.75 Å². The van der Waals surface area contributed by atoms with Crippen LogP contribution in [0.25, 0.3) is 0 Å². The Hall–Kier alpha value is -2.23. The summed E-state index contributed by atoms with van der Waals surface area (Å²) in [4.78, 5) is 25.4. The zero-order valence-corrected chi connectivity index (χ0v) is 13.1. The first-order valence-corrected chi connectivity index (χ1v) is 8.11. The summed E-state index contributed by atoms with van der Waals surface area (Å²) < 4.78 is 28.5. The van der Waals surface area contributed by atoms with E-state index in [0.29, 0.717) is 5.75 Å². The highest BCUT2D eigenvalue weighted by Gasteiger charge is 2.52. The number of carboxylic acid groups (broad SMARTS) is 1. The summed E-state index contributed by atoms with van der Waals surface area (Å²) >= 11 is 1.11. The van der Waals surface area contributed by atoms with E-state index in [1.807, 2.05) is 0 Å². The van der Waals surface area contributed by atoms with Gasteiger partial charge in [-0.3, -0.25) is 20.4 Å². The second-order valence-corrected chi connectivity index (χ2v) is 6.75. The van der Waals surface area contributed by atoms with Gasteiger partial charge in [-0.1, -0.05) is 11.8 Å². The van der Waals surface area contributed by atoms with Gasteiger partial charge in [-0.25, -0.2) is 13.6 Å². The van der Waals surface area contributed by atoms with Gasteiger partial charge < -0.3 is 5.11 Å². The molecule has 2 N–H and O–H groups in total. The number of amides is 1. The number of hydrogen-bond acceptors (Lipinski definition) is 5. The monoisotopic (exact) mass is 357 g/mol. The first kappa shape index (κ1) is 16.6. The van der Waals surface area contributed by atoms with Gasteiger partial charge in [-0.2, -0.15) is 0 Å². The van der Waals surface area contributed by atoms with Gasteiger partial charge in [-0.05, 0) is 12.5 Å². The Bertz CT molecular complexity index is 745. The maximum atomic E-state index is 14.4. The predicted octanol–water partition coefficient (Wildman–Crippen LogP) is 3.05. The number of non-ortho nitro benzene ring substituents is 1. The van der Waals surface area contributed by atoms with Gasteiger partial charge in [0.15, 0.2) is 5.17 Å². The van der Waals surface area contributed by atoms with Gasteiger partial charge in [0, 0.05) is 35.8 Å². The molecule has 1 aliphatic heterocycles. The highest BCUT2D eigenvalue weighted by molar-refractivity contribution is 8.13. The van der Waals surface area contributed by atoms with Crippen molar-refractivity contribution >= 4 is 28.7 Å². The maximum absolute atomic E-state index is 14.4. The number of thioether (sulfide) groups is 1. The molecule has 1 aliphatic carbocycles. The lowest BCUT2D eigenvalue weighted by molar-refractivity contribution is -0.385. The molecule has 0 bridgehead atoms. The number of aliphatic imine (C=N–C) groups is 1. The molecule has 10 heteroatoms. The van der Waals surface area contributed by atoms with Crippen LogP contribution in [-0.2, 0) is 5.54 Å². The number of halogens is 2. The van der Waals surface area contributed by atoms with Crippen LogP contribution in [0, 0.1) is 21.8 Å². The number of fused-ring (bicyclic) bond motifs is 1. The van der Waals surface area contributed by atoms with Gasteiger partial charge >= 0.3 is 6.09 Å². The SMILES string of the molecule is O=C(O)NC1=N[C@@]2(c3cc([N+](=O)[O-])ccc3F)C[C@H](F)C[C@H]2CS1. The molecule has 3 rings (SSSR count). The largest absolute Gasteiger partial charge is 0.465 e. The second-order valence-electron chi connectivity index (χ2n) is 5.74. The van der Waals surface area contributed by atoms with Gasteiger partial charge in [-0.15, -0.1) is 0 Å². The molecule has 1 aromatic carbocycles. The summed E-state index contributed by atoms with van der Waals surface area (Å²) in [6.45, 7) is 0. The number of carbonyl (C=O) groups is 1. The number of nitrogens with zero attached hydrogens (tertiary/aromatic N) is 2. The Morgan fingerprint density at radius 1 is 1.54 bits per heavy atom. The van der Waals surface area contributed by atoms with Crippen LogP contribution < -0.4 is 5.32 Å². The van der Waals surface area contributed by atoms with Crippen molar-refractivity contribution in [3.63, 3.8) is 0 Å². The number of rotatable bonds is 2. The van der Waals surface area contributed by atoms with Crippen molar-refractivity contribution in [2.45, 2.75) is 24.6 Å². The second kappa shape index (κ2) is 6.00. The number of amidine groups is 1. The lowest BCUT2D eigenvalue weighted by Gasteiger charge is -2.36. The minimum atomic E-state index is -1.33. The molecule has 3 atom stereocenters. The van der Waals surface area contributed by atoms with E-state index >= 15 is 0 Å². The number of benzene rings is 1. The molecule has 24 heavy (non-hydrogen) atoms. The molecule has 1 fully saturated rings. The van der Waals surface area contributed by atoms with Gasteiger partial charge in [0.2, 0.25) is 0 Å². The third kappa shape index (κ3) is 2.81. The quantitative estimate of drug-likeness (QED) is 0.625. The molecule has 0 aromatic heterocycles. The normalized spacial score (nSPS) is 28.8. The number of alkyl halides is 1. The van der Waals surface area contributed by atoms with Crippen LogP contribution in [0.5, 0.6) is 0 Å². The first-order valence-electron chi connectivity index (χ1n) is 7.13. The molecule has 2 aliphatic rings. The van der Waals surface area contributed by atoms with Crippen molar-refractivity contribution in [1.82, 2.24) is 5.32 Å². The predicted molar refractivity (Wildman–Crippen MR) is 83.4 cm³/mol. The lowest BCUT2D eigenvalue weighted by Crippen LogP contribution is -2.40.